The molecule has 2 rings (SSSR count). The third-order valence-corrected chi connectivity index (χ3v) is 3.16. The second-order valence-electron chi connectivity index (χ2n) is 4.27. The Morgan fingerprint density at radius 3 is 1.81 bits per heavy atom. The van der Waals surface area contributed by atoms with Gasteiger partial charge in [-0.3, -0.25) is 0 Å². The number of aliphatic hydroxyl groups excluding tert-OH is 1. The van der Waals surface area contributed by atoms with Crippen LogP contribution in [0, 0.1) is 0 Å². The number of allylic oxidation sites excluding steroid dienone is 5. The molecule has 0 atom stereocenters. The van der Waals surface area contributed by atoms with E-state index >= 15 is 0 Å². The third kappa shape index (κ3) is 2.03. The van der Waals surface area contributed by atoms with Crippen molar-refractivity contribution in [2.24, 2.45) is 0 Å². The van der Waals surface area contributed by atoms with Crippen LogP contribution in [0.3, 0.4) is 0 Å². The maximum absolute atomic E-state index is 10.9. The Balaban J connectivity index is 2.40. The summed E-state index contributed by atoms with van der Waals surface area (Å²) in [5.74, 6) is -1.71. The minimum absolute atomic E-state index is 0.485. The molecule has 0 spiro atoms. The highest BCUT2D eigenvalue weighted by Gasteiger charge is 2.23. The molecule has 16 heavy (non-hydrogen) atoms. The topological polar surface area (TPSA) is 57.5 Å². The zero-order valence-electron chi connectivity index (χ0n) is 9.20. The molecule has 2 aliphatic carbocycles. The molecule has 3 nitrogen and oxygen atoms in total. The first-order valence-corrected chi connectivity index (χ1v) is 5.75. The summed E-state index contributed by atoms with van der Waals surface area (Å²) in [5, 5.41) is 18.6. The van der Waals surface area contributed by atoms with Gasteiger partial charge in [-0.2, -0.15) is 0 Å². The van der Waals surface area contributed by atoms with Gasteiger partial charge in [0.1, 0.15) is 0 Å². The molecule has 0 amide bonds. The molecular formula is C13H16O3. The predicted molar refractivity (Wildman–Crippen MR) is 61.2 cm³/mol. The van der Waals surface area contributed by atoms with E-state index in [0.29, 0.717) is 5.57 Å². The van der Waals surface area contributed by atoms with Gasteiger partial charge in [0.2, 0.25) is 5.76 Å². The third-order valence-electron chi connectivity index (χ3n) is 3.16. The van der Waals surface area contributed by atoms with Gasteiger partial charge in [-0.25, -0.2) is 4.79 Å². The molecule has 0 aromatic heterocycles. The van der Waals surface area contributed by atoms with E-state index in [4.69, 9.17) is 5.11 Å². The molecule has 2 aliphatic rings. The molecular weight excluding hydrogens is 204 g/mol. The van der Waals surface area contributed by atoms with Crippen molar-refractivity contribution in [1.82, 2.24) is 0 Å². The van der Waals surface area contributed by atoms with E-state index in [1.807, 2.05) is 12.2 Å². The molecule has 0 fully saturated rings. The first kappa shape index (κ1) is 11.0. The fraction of sp³-hybridized carbons (Fsp3) is 0.462. The summed E-state index contributed by atoms with van der Waals surface area (Å²) in [5.41, 5.74) is 2.60. The van der Waals surface area contributed by atoms with E-state index in [0.717, 1.165) is 49.7 Å². The molecule has 0 saturated carbocycles. The van der Waals surface area contributed by atoms with Crippen LogP contribution < -0.4 is 0 Å². The van der Waals surface area contributed by atoms with Gasteiger partial charge in [0.25, 0.3) is 0 Å². The molecule has 0 aromatic carbocycles. The fourth-order valence-corrected chi connectivity index (χ4v) is 2.41. The molecule has 0 saturated heterocycles. The molecule has 0 aromatic rings. The summed E-state index contributed by atoms with van der Waals surface area (Å²) in [6.45, 7) is 0. The maximum Gasteiger partial charge on any atom is 0.371 e. The van der Waals surface area contributed by atoms with Crippen molar-refractivity contribution in [3.63, 3.8) is 0 Å². The average molecular weight is 220 g/mol. The summed E-state index contributed by atoms with van der Waals surface area (Å²) < 4.78 is 0. The highest BCUT2D eigenvalue weighted by molar-refractivity contribution is 5.87. The van der Waals surface area contributed by atoms with Crippen molar-refractivity contribution in [2.75, 3.05) is 0 Å². The van der Waals surface area contributed by atoms with E-state index < -0.39 is 11.7 Å². The van der Waals surface area contributed by atoms with Crippen LogP contribution in [0.1, 0.15) is 38.5 Å². The summed E-state index contributed by atoms with van der Waals surface area (Å²) in [6.07, 6.45) is 9.94. The Labute approximate surface area is 94.8 Å². The monoisotopic (exact) mass is 220 g/mol. The lowest BCUT2D eigenvalue weighted by Crippen LogP contribution is -2.06. The summed E-state index contributed by atoms with van der Waals surface area (Å²) in [7, 11) is 0. The van der Waals surface area contributed by atoms with Crippen LogP contribution in [0.5, 0.6) is 0 Å². The largest absolute Gasteiger partial charge is 0.501 e. The first-order chi connectivity index (χ1) is 7.70. The molecule has 3 heteroatoms. The Kier molecular flexibility index (Phi) is 3.13. The second kappa shape index (κ2) is 4.56. The number of aliphatic carboxylic acids is 1. The van der Waals surface area contributed by atoms with Crippen molar-refractivity contribution in [1.29, 1.82) is 0 Å². The quantitative estimate of drug-likeness (QED) is 0.567. The zero-order valence-corrected chi connectivity index (χ0v) is 9.20. The number of carboxylic acid groups (broad SMARTS) is 1. The maximum atomic E-state index is 10.9. The molecule has 0 aliphatic heterocycles. The van der Waals surface area contributed by atoms with E-state index in [1.54, 1.807) is 0 Å². The van der Waals surface area contributed by atoms with Crippen LogP contribution in [0.15, 0.2) is 34.6 Å². The lowest BCUT2D eigenvalue weighted by atomic mass is 9.95. The Morgan fingerprint density at radius 2 is 1.50 bits per heavy atom. The highest BCUT2D eigenvalue weighted by atomic mass is 16.4. The molecule has 86 valence electrons. The van der Waals surface area contributed by atoms with Crippen molar-refractivity contribution >= 4 is 5.97 Å². The summed E-state index contributed by atoms with van der Waals surface area (Å²) in [4.78, 5) is 10.9. The minimum atomic E-state index is -1.23. The summed E-state index contributed by atoms with van der Waals surface area (Å²) in [6, 6.07) is 0. The average Bonchev–Trinajstić information content (AvgIpc) is 2.89. The Morgan fingerprint density at radius 1 is 1.00 bits per heavy atom. The van der Waals surface area contributed by atoms with Crippen molar-refractivity contribution < 1.29 is 15.0 Å². The zero-order chi connectivity index (χ0) is 11.5. The number of carbonyl (C=O) groups is 1. The number of hydrogen-bond acceptors (Lipinski definition) is 2. The van der Waals surface area contributed by atoms with E-state index in [2.05, 4.69) is 0 Å². The number of hydrogen-bond donors (Lipinski definition) is 2. The Bertz CT molecular complexity index is 373. The van der Waals surface area contributed by atoms with Gasteiger partial charge in [-0.05, 0) is 49.7 Å². The minimum Gasteiger partial charge on any atom is -0.501 e. The predicted octanol–water partition coefficient (Wildman–Crippen LogP) is 3.10. The van der Waals surface area contributed by atoms with Gasteiger partial charge in [0.15, 0.2) is 0 Å². The van der Waals surface area contributed by atoms with Gasteiger partial charge < -0.3 is 10.2 Å². The lowest BCUT2D eigenvalue weighted by molar-refractivity contribution is -0.135. The van der Waals surface area contributed by atoms with E-state index in [-0.39, 0.29) is 0 Å². The highest BCUT2D eigenvalue weighted by Crippen LogP contribution is 2.36. The Hall–Kier alpha value is -1.51. The van der Waals surface area contributed by atoms with Gasteiger partial charge in [0, 0.05) is 5.57 Å². The van der Waals surface area contributed by atoms with Gasteiger partial charge in [-0.15, -0.1) is 0 Å². The van der Waals surface area contributed by atoms with Crippen LogP contribution in [0.4, 0.5) is 0 Å². The molecule has 0 unspecified atom stereocenters. The van der Waals surface area contributed by atoms with Crippen molar-refractivity contribution in [3.8, 4) is 0 Å². The van der Waals surface area contributed by atoms with Crippen LogP contribution in [0.2, 0.25) is 0 Å². The summed E-state index contributed by atoms with van der Waals surface area (Å²) >= 11 is 0. The normalized spacial score (nSPS) is 19.2. The van der Waals surface area contributed by atoms with Crippen LogP contribution in [0.25, 0.3) is 0 Å². The standard InChI is InChI=1S/C13H16O3/c14-12(13(15)16)11(9-5-1-2-6-9)10-7-3-4-8-10/h5,7,14H,1-4,6,8H2,(H,15,16). The SMILES string of the molecule is O=C(O)C(O)=C(C1=CCCC1)C1=CCCC1. The second-order valence-corrected chi connectivity index (χ2v) is 4.27. The van der Waals surface area contributed by atoms with E-state index in [9.17, 15) is 9.90 Å². The molecule has 0 heterocycles. The van der Waals surface area contributed by atoms with Crippen molar-refractivity contribution in [3.05, 3.63) is 34.6 Å². The van der Waals surface area contributed by atoms with Crippen LogP contribution in [-0.2, 0) is 4.79 Å². The molecule has 2 N–H and O–H groups in total. The molecule has 0 radical (unpaired) electrons. The number of rotatable bonds is 3. The van der Waals surface area contributed by atoms with Crippen molar-refractivity contribution in [2.45, 2.75) is 38.5 Å². The van der Waals surface area contributed by atoms with Crippen LogP contribution in [-0.4, -0.2) is 16.2 Å². The smallest absolute Gasteiger partial charge is 0.371 e. The van der Waals surface area contributed by atoms with Crippen LogP contribution >= 0.6 is 0 Å². The van der Waals surface area contributed by atoms with Gasteiger partial charge in [-0.1, -0.05) is 12.2 Å². The van der Waals surface area contributed by atoms with E-state index in [1.165, 1.54) is 0 Å². The van der Waals surface area contributed by atoms with Gasteiger partial charge >= 0.3 is 5.97 Å². The lowest BCUT2D eigenvalue weighted by Gasteiger charge is -2.11. The fourth-order valence-electron chi connectivity index (χ4n) is 2.41. The first-order valence-electron chi connectivity index (χ1n) is 5.75. The number of carboxylic acids is 1. The van der Waals surface area contributed by atoms with Gasteiger partial charge in [0.05, 0.1) is 0 Å². The molecule has 0 bridgehead atoms. The number of aliphatic hydroxyl groups is 1.